The van der Waals surface area contributed by atoms with E-state index in [4.69, 9.17) is 23.2 Å². The van der Waals surface area contributed by atoms with Crippen LogP contribution < -0.4 is 5.32 Å². The molecule has 1 nitrogen and oxygen atoms in total. The summed E-state index contributed by atoms with van der Waals surface area (Å²) in [6, 6.07) is 7.16. The Morgan fingerprint density at radius 2 is 1.65 bits per heavy atom. The van der Waals surface area contributed by atoms with Crippen molar-refractivity contribution in [3.63, 3.8) is 0 Å². The minimum atomic E-state index is -0.962. The van der Waals surface area contributed by atoms with Gasteiger partial charge in [0.15, 0.2) is 11.6 Å². The maximum atomic E-state index is 13.5. The monoisotopic (exact) mass is 315 g/mol. The maximum absolute atomic E-state index is 13.5. The zero-order valence-electron chi connectivity index (χ0n) is 11.0. The van der Waals surface area contributed by atoms with Gasteiger partial charge in [0.05, 0.1) is 6.04 Å². The largest absolute Gasteiger partial charge is 0.309 e. The van der Waals surface area contributed by atoms with Crippen LogP contribution >= 0.6 is 23.2 Å². The van der Waals surface area contributed by atoms with E-state index in [0.717, 1.165) is 23.3 Å². The molecule has 0 aliphatic carbocycles. The lowest BCUT2D eigenvalue weighted by Crippen LogP contribution is -2.19. The van der Waals surface area contributed by atoms with Crippen molar-refractivity contribution in [2.45, 2.75) is 13.0 Å². The lowest BCUT2D eigenvalue weighted by atomic mass is 9.95. The van der Waals surface area contributed by atoms with Gasteiger partial charge in [-0.15, -0.1) is 0 Å². The molecule has 20 heavy (non-hydrogen) atoms. The predicted molar refractivity (Wildman–Crippen MR) is 78.5 cm³/mol. The molecule has 2 aromatic rings. The van der Waals surface area contributed by atoms with E-state index in [1.807, 2.05) is 13.0 Å². The van der Waals surface area contributed by atoms with Crippen molar-refractivity contribution in [1.29, 1.82) is 0 Å². The Hall–Kier alpha value is -1.16. The zero-order chi connectivity index (χ0) is 14.9. The molecule has 0 heterocycles. The average molecular weight is 316 g/mol. The van der Waals surface area contributed by atoms with Crippen LogP contribution in [0.25, 0.3) is 0 Å². The van der Waals surface area contributed by atoms with E-state index in [0.29, 0.717) is 10.6 Å². The molecule has 0 radical (unpaired) electrons. The van der Waals surface area contributed by atoms with Crippen molar-refractivity contribution >= 4 is 23.2 Å². The lowest BCUT2D eigenvalue weighted by Gasteiger charge is -2.21. The molecule has 106 valence electrons. The molecule has 0 saturated heterocycles. The Morgan fingerprint density at radius 3 is 2.30 bits per heavy atom. The third kappa shape index (κ3) is 2.95. The van der Waals surface area contributed by atoms with Crippen LogP contribution in [-0.4, -0.2) is 7.05 Å². The van der Waals surface area contributed by atoms with Crippen molar-refractivity contribution in [1.82, 2.24) is 5.32 Å². The number of aryl methyl sites for hydroxylation is 1. The summed E-state index contributed by atoms with van der Waals surface area (Å²) >= 11 is 12.0. The zero-order valence-corrected chi connectivity index (χ0v) is 12.5. The van der Waals surface area contributed by atoms with Gasteiger partial charge in [-0.2, -0.15) is 0 Å². The van der Waals surface area contributed by atoms with E-state index < -0.39 is 11.6 Å². The van der Waals surface area contributed by atoms with Gasteiger partial charge in [-0.05, 0) is 54.9 Å². The molecule has 0 aromatic heterocycles. The summed E-state index contributed by atoms with van der Waals surface area (Å²) in [6.07, 6.45) is 0. The van der Waals surface area contributed by atoms with Gasteiger partial charge >= 0.3 is 0 Å². The van der Waals surface area contributed by atoms with Gasteiger partial charge < -0.3 is 5.32 Å². The molecule has 1 N–H and O–H groups in total. The van der Waals surface area contributed by atoms with E-state index in [9.17, 15) is 8.78 Å². The van der Waals surface area contributed by atoms with Gasteiger partial charge in [0.25, 0.3) is 0 Å². The van der Waals surface area contributed by atoms with Crippen LogP contribution in [0.5, 0.6) is 0 Å². The van der Waals surface area contributed by atoms with Gasteiger partial charge in [0.1, 0.15) is 0 Å². The van der Waals surface area contributed by atoms with Crippen LogP contribution in [0, 0.1) is 18.6 Å². The van der Waals surface area contributed by atoms with Crippen molar-refractivity contribution in [2.75, 3.05) is 7.05 Å². The van der Waals surface area contributed by atoms with Gasteiger partial charge in [0.2, 0.25) is 0 Å². The Morgan fingerprint density at radius 1 is 1.00 bits per heavy atom. The molecule has 0 spiro atoms. The van der Waals surface area contributed by atoms with Crippen molar-refractivity contribution in [2.24, 2.45) is 0 Å². The highest BCUT2D eigenvalue weighted by Crippen LogP contribution is 2.32. The standard InChI is InChI=1S/C15H13Cl2F2N/c1-8-3-4-9(16)5-10(8)15(20-2)11-6-13(18)14(19)7-12(11)17/h3-7,15,20H,1-2H3. The molecule has 5 heteroatoms. The first-order chi connectivity index (χ1) is 9.43. The topological polar surface area (TPSA) is 12.0 Å². The fourth-order valence-corrected chi connectivity index (χ4v) is 2.60. The number of hydrogen-bond donors (Lipinski definition) is 1. The molecule has 1 atom stereocenters. The van der Waals surface area contributed by atoms with Crippen LogP contribution in [0.3, 0.4) is 0 Å². The summed E-state index contributed by atoms with van der Waals surface area (Å²) in [7, 11) is 1.72. The minimum Gasteiger partial charge on any atom is -0.309 e. The molecule has 0 aliphatic rings. The average Bonchev–Trinajstić information content (AvgIpc) is 2.40. The summed E-state index contributed by atoms with van der Waals surface area (Å²) in [5, 5.41) is 3.80. The predicted octanol–water partition coefficient (Wildman–Crippen LogP) is 4.89. The van der Waals surface area contributed by atoms with Crippen LogP contribution in [0.2, 0.25) is 10.0 Å². The molecule has 0 amide bonds. The van der Waals surface area contributed by atoms with Crippen LogP contribution in [-0.2, 0) is 0 Å². The Bertz CT molecular complexity index is 644. The molecule has 0 aliphatic heterocycles. The number of nitrogens with one attached hydrogen (secondary N) is 1. The number of hydrogen-bond acceptors (Lipinski definition) is 1. The second-order valence-electron chi connectivity index (χ2n) is 4.51. The normalized spacial score (nSPS) is 12.5. The Labute approximate surface area is 126 Å². The first kappa shape index (κ1) is 15.2. The molecular formula is C15H13Cl2F2N. The van der Waals surface area contributed by atoms with E-state index in [1.54, 1.807) is 19.2 Å². The Kier molecular flexibility index (Phi) is 4.63. The molecule has 1 unspecified atom stereocenters. The smallest absolute Gasteiger partial charge is 0.160 e. The summed E-state index contributed by atoms with van der Waals surface area (Å²) in [4.78, 5) is 0. The Balaban J connectivity index is 2.58. The van der Waals surface area contributed by atoms with Crippen molar-refractivity contribution in [3.05, 3.63) is 68.7 Å². The van der Waals surface area contributed by atoms with Crippen LogP contribution in [0.15, 0.2) is 30.3 Å². The molecule has 0 bridgehead atoms. The van der Waals surface area contributed by atoms with E-state index in [2.05, 4.69) is 5.32 Å². The third-order valence-corrected chi connectivity index (χ3v) is 3.75. The van der Waals surface area contributed by atoms with E-state index in [1.165, 1.54) is 0 Å². The van der Waals surface area contributed by atoms with Crippen LogP contribution in [0.4, 0.5) is 8.78 Å². The lowest BCUT2D eigenvalue weighted by molar-refractivity contribution is 0.505. The number of rotatable bonds is 3. The third-order valence-electron chi connectivity index (χ3n) is 3.19. The number of halogens is 4. The maximum Gasteiger partial charge on any atom is 0.160 e. The summed E-state index contributed by atoms with van der Waals surface area (Å²) in [5.41, 5.74) is 2.32. The highest BCUT2D eigenvalue weighted by atomic mass is 35.5. The number of benzene rings is 2. The van der Waals surface area contributed by atoms with Crippen molar-refractivity contribution < 1.29 is 8.78 Å². The van der Waals surface area contributed by atoms with Gasteiger partial charge in [-0.3, -0.25) is 0 Å². The molecule has 2 rings (SSSR count). The quantitative estimate of drug-likeness (QED) is 0.795. The van der Waals surface area contributed by atoms with Gasteiger partial charge in [-0.25, -0.2) is 8.78 Å². The molecule has 2 aromatic carbocycles. The fraction of sp³-hybridized carbons (Fsp3) is 0.200. The SMILES string of the molecule is CNC(c1cc(Cl)ccc1C)c1cc(F)c(F)cc1Cl. The summed E-state index contributed by atoms with van der Waals surface area (Å²) < 4.78 is 26.6. The second-order valence-corrected chi connectivity index (χ2v) is 5.35. The first-order valence-corrected chi connectivity index (χ1v) is 6.77. The van der Waals surface area contributed by atoms with Crippen LogP contribution in [0.1, 0.15) is 22.7 Å². The molecule has 0 fully saturated rings. The fourth-order valence-electron chi connectivity index (χ4n) is 2.16. The second kappa shape index (κ2) is 6.08. The highest BCUT2D eigenvalue weighted by molar-refractivity contribution is 6.31. The molecule has 0 saturated carbocycles. The van der Waals surface area contributed by atoms with Gasteiger partial charge in [-0.1, -0.05) is 29.3 Å². The minimum absolute atomic E-state index is 0.169. The van der Waals surface area contributed by atoms with Gasteiger partial charge in [0, 0.05) is 10.0 Å². The van der Waals surface area contributed by atoms with E-state index in [-0.39, 0.29) is 11.1 Å². The highest BCUT2D eigenvalue weighted by Gasteiger charge is 2.20. The van der Waals surface area contributed by atoms with E-state index >= 15 is 0 Å². The summed E-state index contributed by atoms with van der Waals surface area (Å²) in [6.45, 7) is 1.92. The molecular weight excluding hydrogens is 303 g/mol. The first-order valence-electron chi connectivity index (χ1n) is 6.01. The van der Waals surface area contributed by atoms with Crippen molar-refractivity contribution in [3.8, 4) is 0 Å². The summed E-state index contributed by atoms with van der Waals surface area (Å²) in [5.74, 6) is -1.89.